The summed E-state index contributed by atoms with van der Waals surface area (Å²) in [6, 6.07) is 6.19. The van der Waals surface area contributed by atoms with Crippen molar-refractivity contribution in [3.05, 3.63) is 23.8 Å². The Bertz CT molecular complexity index is 618. The third-order valence-corrected chi connectivity index (χ3v) is 6.06. The van der Waals surface area contributed by atoms with Crippen molar-refractivity contribution in [2.45, 2.75) is 44.9 Å². The molecule has 1 aromatic rings. The number of aliphatic hydroxyl groups is 1. The van der Waals surface area contributed by atoms with Crippen LogP contribution in [0.15, 0.2) is 18.2 Å². The Morgan fingerprint density at radius 3 is 2.67 bits per heavy atom. The van der Waals surface area contributed by atoms with Crippen LogP contribution in [-0.4, -0.2) is 73.2 Å². The summed E-state index contributed by atoms with van der Waals surface area (Å²) in [5.41, 5.74) is 1.26. The van der Waals surface area contributed by atoms with E-state index < -0.39 is 6.10 Å². The second kappa shape index (κ2) is 8.78. The molecule has 0 spiro atoms. The minimum absolute atomic E-state index is 0.323. The van der Waals surface area contributed by atoms with E-state index in [9.17, 15) is 5.11 Å². The monoisotopic (exact) mass is 376 g/mol. The molecule has 1 saturated heterocycles. The summed E-state index contributed by atoms with van der Waals surface area (Å²) in [6.07, 6.45) is 3.61. The third-order valence-electron chi connectivity index (χ3n) is 6.06. The Balaban J connectivity index is 1.16. The molecule has 4 rings (SSSR count). The van der Waals surface area contributed by atoms with E-state index in [0.717, 1.165) is 50.6 Å². The number of aliphatic hydroxyl groups excluding tert-OH is 1. The summed E-state index contributed by atoms with van der Waals surface area (Å²) in [5, 5.41) is 10.3. The molecule has 150 valence electrons. The lowest BCUT2D eigenvalue weighted by Crippen LogP contribution is -2.48. The predicted octanol–water partition coefficient (Wildman–Crippen LogP) is 2.10. The summed E-state index contributed by atoms with van der Waals surface area (Å²) >= 11 is 0. The van der Waals surface area contributed by atoms with Crippen molar-refractivity contribution >= 4 is 0 Å². The topological polar surface area (TPSA) is 54.4 Å². The van der Waals surface area contributed by atoms with Crippen LogP contribution in [0.1, 0.15) is 31.7 Å². The minimum Gasteiger partial charge on any atom is -0.454 e. The van der Waals surface area contributed by atoms with Crippen LogP contribution < -0.4 is 9.47 Å². The van der Waals surface area contributed by atoms with Gasteiger partial charge in [0.25, 0.3) is 0 Å². The van der Waals surface area contributed by atoms with Crippen LogP contribution in [0.2, 0.25) is 0 Å². The third kappa shape index (κ3) is 4.93. The average Bonchev–Trinajstić information content (AvgIpc) is 3.30. The van der Waals surface area contributed by atoms with Gasteiger partial charge in [-0.3, -0.25) is 9.80 Å². The Morgan fingerprint density at radius 2 is 1.89 bits per heavy atom. The van der Waals surface area contributed by atoms with Crippen LogP contribution in [0.4, 0.5) is 0 Å². The summed E-state index contributed by atoms with van der Waals surface area (Å²) < 4.78 is 16.8. The van der Waals surface area contributed by atoms with Crippen molar-refractivity contribution in [2.24, 2.45) is 5.92 Å². The van der Waals surface area contributed by atoms with Gasteiger partial charge in [0.15, 0.2) is 11.5 Å². The average molecular weight is 376 g/mol. The Morgan fingerprint density at radius 1 is 1.11 bits per heavy atom. The Kier molecular flexibility index (Phi) is 6.18. The van der Waals surface area contributed by atoms with Gasteiger partial charge in [0.2, 0.25) is 6.79 Å². The van der Waals surface area contributed by atoms with E-state index >= 15 is 0 Å². The molecule has 0 aromatic heterocycles. The molecule has 6 heteroatoms. The van der Waals surface area contributed by atoms with Crippen LogP contribution in [0.25, 0.3) is 0 Å². The fraction of sp³-hybridized carbons (Fsp3) is 0.714. The molecule has 2 aliphatic heterocycles. The van der Waals surface area contributed by atoms with E-state index in [1.807, 2.05) is 6.07 Å². The van der Waals surface area contributed by atoms with Gasteiger partial charge in [-0.2, -0.15) is 0 Å². The highest BCUT2D eigenvalue weighted by atomic mass is 16.7. The number of hydrogen-bond donors (Lipinski definition) is 1. The standard InChI is InChI=1S/C21H32N2O4/c1-16-3-2-4-19(16)25-14-18(24)13-23-9-7-22(8-10-23)12-17-5-6-20-21(11-17)27-15-26-20/h5-6,11,16,18-19,24H,2-4,7-10,12-15H2,1H3/t16-,18+,19+/m0/s1. The number of ether oxygens (including phenoxy) is 3. The summed E-state index contributed by atoms with van der Waals surface area (Å²) in [4.78, 5) is 4.80. The first-order chi connectivity index (χ1) is 13.2. The van der Waals surface area contributed by atoms with Crippen LogP contribution in [0.3, 0.4) is 0 Å². The Hall–Kier alpha value is -1.34. The molecule has 1 N–H and O–H groups in total. The number of hydrogen-bond acceptors (Lipinski definition) is 6. The molecule has 0 bridgehead atoms. The van der Waals surface area contributed by atoms with Crippen molar-refractivity contribution in [2.75, 3.05) is 46.1 Å². The first-order valence-electron chi connectivity index (χ1n) is 10.3. The number of piperazine rings is 1. The molecular weight excluding hydrogens is 344 g/mol. The van der Waals surface area contributed by atoms with Gasteiger partial charge in [-0.15, -0.1) is 0 Å². The SMILES string of the molecule is C[C@H]1CCC[C@H]1OC[C@H](O)CN1CCN(Cc2ccc3c(c2)OCO3)CC1. The number of β-amino-alcohol motifs (C(OH)–C–C–N with tert-alkyl or cyclic N) is 1. The van der Waals surface area contributed by atoms with Gasteiger partial charge in [0.05, 0.1) is 18.8 Å². The minimum atomic E-state index is -0.391. The van der Waals surface area contributed by atoms with E-state index in [2.05, 4.69) is 28.9 Å². The highest BCUT2D eigenvalue weighted by Crippen LogP contribution is 2.33. The molecule has 1 aromatic carbocycles. The van der Waals surface area contributed by atoms with E-state index in [1.165, 1.54) is 18.4 Å². The lowest BCUT2D eigenvalue weighted by Gasteiger charge is -2.35. The molecule has 2 fully saturated rings. The largest absolute Gasteiger partial charge is 0.454 e. The lowest BCUT2D eigenvalue weighted by atomic mass is 10.1. The fourth-order valence-electron chi connectivity index (χ4n) is 4.37. The fourth-order valence-corrected chi connectivity index (χ4v) is 4.37. The number of fused-ring (bicyclic) bond motifs is 1. The maximum Gasteiger partial charge on any atom is 0.231 e. The van der Waals surface area contributed by atoms with Crippen LogP contribution >= 0.6 is 0 Å². The summed E-state index contributed by atoms with van der Waals surface area (Å²) in [6.45, 7) is 8.68. The second-order valence-electron chi connectivity index (χ2n) is 8.20. The molecule has 6 nitrogen and oxygen atoms in total. The van der Waals surface area contributed by atoms with E-state index in [0.29, 0.717) is 32.0 Å². The normalized spacial score (nSPS) is 27.2. The molecule has 1 saturated carbocycles. The molecule has 3 atom stereocenters. The molecular formula is C21H32N2O4. The van der Waals surface area contributed by atoms with Crippen LogP contribution in [-0.2, 0) is 11.3 Å². The first-order valence-corrected chi connectivity index (χ1v) is 10.3. The van der Waals surface area contributed by atoms with E-state index in [-0.39, 0.29) is 0 Å². The van der Waals surface area contributed by atoms with Gasteiger partial charge in [-0.1, -0.05) is 19.4 Å². The van der Waals surface area contributed by atoms with Gasteiger partial charge in [-0.25, -0.2) is 0 Å². The quantitative estimate of drug-likeness (QED) is 0.787. The summed E-state index contributed by atoms with van der Waals surface area (Å²) in [5.74, 6) is 2.33. The van der Waals surface area contributed by atoms with Crippen molar-refractivity contribution in [1.82, 2.24) is 9.80 Å². The second-order valence-corrected chi connectivity index (χ2v) is 8.20. The predicted molar refractivity (Wildman–Crippen MR) is 103 cm³/mol. The van der Waals surface area contributed by atoms with Gasteiger partial charge in [0.1, 0.15) is 0 Å². The zero-order chi connectivity index (χ0) is 18.6. The van der Waals surface area contributed by atoms with Crippen LogP contribution in [0, 0.1) is 5.92 Å². The van der Waals surface area contributed by atoms with Crippen molar-refractivity contribution < 1.29 is 19.3 Å². The first kappa shape index (κ1) is 19.0. The van der Waals surface area contributed by atoms with Gasteiger partial charge in [-0.05, 0) is 36.5 Å². The molecule has 0 amide bonds. The van der Waals surface area contributed by atoms with Gasteiger partial charge in [0, 0.05) is 39.3 Å². The Labute approximate surface area is 162 Å². The smallest absolute Gasteiger partial charge is 0.231 e. The molecule has 2 heterocycles. The highest BCUT2D eigenvalue weighted by molar-refractivity contribution is 5.44. The number of benzene rings is 1. The van der Waals surface area contributed by atoms with Crippen molar-refractivity contribution in [1.29, 1.82) is 0 Å². The van der Waals surface area contributed by atoms with Gasteiger partial charge < -0.3 is 19.3 Å². The van der Waals surface area contributed by atoms with Crippen molar-refractivity contribution in [3.63, 3.8) is 0 Å². The number of rotatable bonds is 7. The van der Waals surface area contributed by atoms with E-state index in [4.69, 9.17) is 14.2 Å². The van der Waals surface area contributed by atoms with Gasteiger partial charge >= 0.3 is 0 Å². The molecule has 27 heavy (non-hydrogen) atoms. The van der Waals surface area contributed by atoms with Crippen LogP contribution in [0.5, 0.6) is 11.5 Å². The lowest BCUT2D eigenvalue weighted by molar-refractivity contribution is -0.0358. The maximum absolute atomic E-state index is 10.3. The maximum atomic E-state index is 10.3. The zero-order valence-corrected chi connectivity index (χ0v) is 16.3. The van der Waals surface area contributed by atoms with Crippen molar-refractivity contribution in [3.8, 4) is 11.5 Å². The molecule has 1 aliphatic carbocycles. The zero-order valence-electron chi connectivity index (χ0n) is 16.3. The molecule has 0 radical (unpaired) electrons. The number of nitrogens with zero attached hydrogens (tertiary/aromatic N) is 2. The summed E-state index contributed by atoms with van der Waals surface area (Å²) in [7, 11) is 0. The highest BCUT2D eigenvalue weighted by Gasteiger charge is 2.26. The molecule has 0 unspecified atom stereocenters. The van der Waals surface area contributed by atoms with E-state index in [1.54, 1.807) is 0 Å². The molecule has 3 aliphatic rings.